The smallest absolute Gasteiger partial charge is 0.326 e. The first kappa shape index (κ1) is 27.2. The Morgan fingerprint density at radius 2 is 1.59 bits per heavy atom. The second kappa shape index (κ2) is 12.9. The Kier molecular flexibility index (Phi) is 11.0. The van der Waals surface area contributed by atoms with Gasteiger partial charge in [-0.2, -0.15) is 12.6 Å². The zero-order chi connectivity index (χ0) is 24.4. The van der Waals surface area contributed by atoms with Crippen LogP contribution >= 0.6 is 12.6 Å². The van der Waals surface area contributed by atoms with Crippen LogP contribution in [0.25, 0.3) is 0 Å². The summed E-state index contributed by atoms with van der Waals surface area (Å²) in [6, 6.07) is 2.13. The molecule has 5 atom stereocenters. The highest BCUT2D eigenvalue weighted by Gasteiger charge is 2.29. The summed E-state index contributed by atoms with van der Waals surface area (Å²) in [5, 5.41) is 26.0. The van der Waals surface area contributed by atoms with Gasteiger partial charge in [-0.25, -0.2) is 4.79 Å². The molecule has 0 heterocycles. The highest BCUT2D eigenvalue weighted by molar-refractivity contribution is 7.80. The Morgan fingerprint density at radius 3 is 2.09 bits per heavy atom. The van der Waals surface area contributed by atoms with E-state index >= 15 is 0 Å². The Balaban J connectivity index is 2.66. The van der Waals surface area contributed by atoms with Crippen molar-refractivity contribution in [2.24, 2.45) is 11.7 Å². The van der Waals surface area contributed by atoms with E-state index < -0.39 is 47.9 Å². The number of carboxylic acid groups (broad SMARTS) is 1. The summed E-state index contributed by atoms with van der Waals surface area (Å²) in [5.41, 5.74) is 6.65. The van der Waals surface area contributed by atoms with E-state index in [4.69, 9.17) is 5.73 Å². The summed E-state index contributed by atoms with van der Waals surface area (Å²) in [5.74, 6) is -3.28. The number of phenols is 1. The minimum atomic E-state index is -1.16. The predicted molar refractivity (Wildman–Crippen MR) is 122 cm³/mol. The number of aromatic hydroxyl groups is 1. The van der Waals surface area contributed by atoms with Gasteiger partial charge in [0, 0.05) is 5.75 Å². The van der Waals surface area contributed by atoms with Gasteiger partial charge in [0.2, 0.25) is 17.7 Å². The van der Waals surface area contributed by atoms with Crippen molar-refractivity contribution in [3.8, 4) is 5.75 Å². The van der Waals surface area contributed by atoms with Crippen LogP contribution in [0, 0.1) is 5.92 Å². The van der Waals surface area contributed by atoms with Crippen LogP contribution < -0.4 is 21.7 Å². The molecule has 7 N–H and O–H groups in total. The molecular weight excluding hydrogens is 436 g/mol. The highest BCUT2D eigenvalue weighted by Crippen LogP contribution is 2.11. The minimum absolute atomic E-state index is 0.0392. The van der Waals surface area contributed by atoms with E-state index in [1.54, 1.807) is 19.1 Å². The summed E-state index contributed by atoms with van der Waals surface area (Å²) in [6.07, 6.45) is 0.744. The first-order valence-corrected chi connectivity index (χ1v) is 10.9. The molecule has 0 aliphatic rings. The standard InChI is InChI=1S/C21H32N4O6S/c1-4-11(2)17(21(30)31)25-18(27)12(3)23-20(29)16(10-32)24-19(28)15(22)9-13-5-7-14(26)8-6-13/h5-8,11-12,15-17,26,32H,4,9-10,22H2,1-3H3,(H,23,29)(H,24,28)(H,25,27)(H,30,31). The second-order valence-corrected chi connectivity index (χ2v) is 8.03. The van der Waals surface area contributed by atoms with Gasteiger partial charge in [-0.15, -0.1) is 0 Å². The van der Waals surface area contributed by atoms with Gasteiger partial charge in [0.05, 0.1) is 6.04 Å². The summed E-state index contributed by atoms with van der Waals surface area (Å²) in [6.45, 7) is 4.93. The van der Waals surface area contributed by atoms with Crippen LogP contribution in [0.1, 0.15) is 32.8 Å². The maximum Gasteiger partial charge on any atom is 0.326 e. The van der Waals surface area contributed by atoms with Crippen LogP contribution in [0.15, 0.2) is 24.3 Å². The molecule has 32 heavy (non-hydrogen) atoms. The van der Waals surface area contributed by atoms with E-state index in [1.165, 1.54) is 19.1 Å². The fraction of sp³-hybridized carbons (Fsp3) is 0.524. The number of thiol groups is 1. The number of benzene rings is 1. The minimum Gasteiger partial charge on any atom is -0.508 e. The van der Waals surface area contributed by atoms with E-state index in [2.05, 4.69) is 28.6 Å². The van der Waals surface area contributed by atoms with Gasteiger partial charge >= 0.3 is 5.97 Å². The van der Waals surface area contributed by atoms with Gasteiger partial charge in [-0.1, -0.05) is 32.4 Å². The number of nitrogens with two attached hydrogens (primary N) is 1. The molecule has 1 aromatic rings. The quantitative estimate of drug-likeness (QED) is 0.208. The maximum atomic E-state index is 12.5. The van der Waals surface area contributed by atoms with Crippen molar-refractivity contribution in [2.45, 2.75) is 57.8 Å². The maximum absolute atomic E-state index is 12.5. The van der Waals surface area contributed by atoms with Crippen LogP contribution in [0.4, 0.5) is 0 Å². The third-order valence-corrected chi connectivity index (χ3v) is 5.44. The number of hydrogen-bond acceptors (Lipinski definition) is 7. The molecule has 178 valence electrons. The Morgan fingerprint density at radius 1 is 1.00 bits per heavy atom. The zero-order valence-corrected chi connectivity index (χ0v) is 19.3. The van der Waals surface area contributed by atoms with Crippen molar-refractivity contribution in [3.63, 3.8) is 0 Å². The van der Waals surface area contributed by atoms with Crippen LogP contribution in [0.2, 0.25) is 0 Å². The number of amides is 3. The number of rotatable bonds is 12. The lowest BCUT2D eigenvalue weighted by atomic mass is 9.99. The molecule has 1 aromatic carbocycles. The van der Waals surface area contributed by atoms with Crippen molar-refractivity contribution in [1.82, 2.24) is 16.0 Å². The first-order chi connectivity index (χ1) is 15.0. The lowest BCUT2D eigenvalue weighted by molar-refractivity contribution is -0.143. The van der Waals surface area contributed by atoms with Gasteiger partial charge in [-0.05, 0) is 37.0 Å². The van der Waals surface area contributed by atoms with Gasteiger partial charge in [0.15, 0.2) is 0 Å². The number of aliphatic carboxylic acids is 1. The molecule has 3 amide bonds. The topological polar surface area (TPSA) is 171 Å². The number of carbonyl (C=O) groups excluding carboxylic acids is 3. The fourth-order valence-electron chi connectivity index (χ4n) is 2.79. The molecule has 0 radical (unpaired) electrons. The molecule has 0 saturated carbocycles. The van der Waals surface area contributed by atoms with Crippen LogP contribution in [0.5, 0.6) is 5.75 Å². The van der Waals surface area contributed by atoms with Crippen molar-refractivity contribution < 1.29 is 29.4 Å². The summed E-state index contributed by atoms with van der Waals surface area (Å²) >= 11 is 4.08. The molecule has 0 fully saturated rings. The van der Waals surface area contributed by atoms with E-state index in [1.807, 2.05) is 6.92 Å². The first-order valence-electron chi connectivity index (χ1n) is 10.3. The lowest BCUT2D eigenvalue weighted by Gasteiger charge is -2.24. The molecule has 0 aliphatic carbocycles. The lowest BCUT2D eigenvalue weighted by Crippen LogP contribution is -2.57. The van der Waals surface area contributed by atoms with Crippen molar-refractivity contribution in [2.75, 3.05) is 5.75 Å². The van der Waals surface area contributed by atoms with E-state index in [-0.39, 0.29) is 23.8 Å². The monoisotopic (exact) mass is 468 g/mol. The number of carboxylic acids is 1. The summed E-state index contributed by atoms with van der Waals surface area (Å²) in [4.78, 5) is 48.6. The van der Waals surface area contributed by atoms with Gasteiger partial charge < -0.3 is 31.9 Å². The average Bonchev–Trinajstić information content (AvgIpc) is 2.75. The van der Waals surface area contributed by atoms with Crippen LogP contribution in [0.3, 0.4) is 0 Å². The van der Waals surface area contributed by atoms with E-state index in [0.29, 0.717) is 6.42 Å². The van der Waals surface area contributed by atoms with Crippen LogP contribution in [-0.2, 0) is 25.6 Å². The Bertz CT molecular complexity index is 804. The van der Waals surface area contributed by atoms with Crippen molar-refractivity contribution in [3.05, 3.63) is 29.8 Å². The number of phenolic OH excluding ortho intramolecular Hbond substituents is 1. The largest absolute Gasteiger partial charge is 0.508 e. The molecule has 10 nitrogen and oxygen atoms in total. The summed E-state index contributed by atoms with van der Waals surface area (Å²) in [7, 11) is 0. The highest BCUT2D eigenvalue weighted by atomic mass is 32.1. The molecular formula is C21H32N4O6S. The molecule has 0 aliphatic heterocycles. The molecule has 0 saturated heterocycles. The number of carbonyl (C=O) groups is 4. The molecule has 0 aromatic heterocycles. The third kappa shape index (κ3) is 8.39. The van der Waals surface area contributed by atoms with Crippen molar-refractivity contribution in [1.29, 1.82) is 0 Å². The Labute approximate surface area is 192 Å². The van der Waals surface area contributed by atoms with Crippen molar-refractivity contribution >= 4 is 36.3 Å². The molecule has 1 rings (SSSR count). The van der Waals surface area contributed by atoms with Gasteiger partial charge in [0.25, 0.3) is 0 Å². The van der Waals surface area contributed by atoms with Gasteiger partial charge in [-0.3, -0.25) is 14.4 Å². The van der Waals surface area contributed by atoms with Gasteiger partial charge in [0.1, 0.15) is 23.9 Å². The Hall–Kier alpha value is -2.79. The SMILES string of the molecule is CCC(C)C(NC(=O)C(C)NC(=O)C(CS)NC(=O)C(N)Cc1ccc(O)cc1)C(=O)O. The normalized spacial score (nSPS) is 15.5. The average molecular weight is 469 g/mol. The van der Waals surface area contributed by atoms with E-state index in [0.717, 1.165) is 5.56 Å². The molecule has 5 unspecified atom stereocenters. The number of nitrogens with one attached hydrogen (secondary N) is 3. The second-order valence-electron chi connectivity index (χ2n) is 7.66. The molecule has 0 spiro atoms. The molecule has 11 heteroatoms. The fourth-order valence-corrected chi connectivity index (χ4v) is 3.05. The third-order valence-electron chi connectivity index (χ3n) is 5.07. The van der Waals surface area contributed by atoms with E-state index in [9.17, 15) is 29.4 Å². The summed E-state index contributed by atoms with van der Waals surface area (Å²) < 4.78 is 0. The predicted octanol–water partition coefficient (Wildman–Crippen LogP) is -0.203. The molecule has 0 bridgehead atoms. The van der Waals surface area contributed by atoms with Crippen LogP contribution in [-0.4, -0.2) is 63.8 Å². The number of hydrogen-bond donors (Lipinski definition) is 7. The zero-order valence-electron chi connectivity index (χ0n) is 18.4.